The average Bonchev–Trinajstić information content (AvgIpc) is 3.05. The zero-order valence-electron chi connectivity index (χ0n) is 25.1. The molecule has 1 aliphatic heterocycles. The zero-order valence-corrected chi connectivity index (χ0v) is 27.3. The van der Waals surface area contributed by atoms with Crippen LogP contribution in [0.25, 0.3) is 0 Å². The molecule has 1 saturated heterocycles. The maximum Gasteiger partial charge on any atom is 0.416 e. The Morgan fingerprint density at radius 1 is 1.15 bits per heavy atom. The van der Waals surface area contributed by atoms with Crippen molar-refractivity contribution in [1.29, 1.82) is 0 Å². The second-order valence-corrected chi connectivity index (χ2v) is 12.0. The van der Waals surface area contributed by atoms with Crippen LogP contribution < -0.4 is 14.8 Å². The molecule has 2 aromatic carbocycles. The molecule has 4 N–H and O–H groups in total. The van der Waals surface area contributed by atoms with E-state index in [1.165, 1.54) is 18.1 Å². The third-order valence-corrected chi connectivity index (χ3v) is 8.62. The number of carbonyl (C=O) groups excluding carboxylic acids is 2. The number of rotatable bonds is 12. The lowest BCUT2D eigenvalue weighted by atomic mass is 9.87. The van der Waals surface area contributed by atoms with E-state index in [2.05, 4.69) is 10.2 Å². The first-order valence-corrected chi connectivity index (χ1v) is 15.7. The van der Waals surface area contributed by atoms with Crippen molar-refractivity contribution in [3.8, 4) is 11.5 Å². The van der Waals surface area contributed by atoms with Crippen molar-refractivity contribution in [2.24, 2.45) is 0 Å². The van der Waals surface area contributed by atoms with Crippen LogP contribution in [0.3, 0.4) is 0 Å². The van der Waals surface area contributed by atoms with Gasteiger partial charge in [0.25, 0.3) is 5.91 Å². The minimum Gasteiger partial charge on any atom is -0.493 e. The molecule has 3 atom stereocenters. The molecule has 1 heterocycles. The molecule has 15 heteroatoms. The van der Waals surface area contributed by atoms with Crippen molar-refractivity contribution in [3.05, 3.63) is 68.3 Å². The van der Waals surface area contributed by atoms with E-state index in [0.29, 0.717) is 42.0 Å². The Bertz CT molecular complexity index is 1390. The fourth-order valence-corrected chi connectivity index (χ4v) is 6.15. The molecule has 3 unspecified atom stereocenters. The van der Waals surface area contributed by atoms with Crippen LogP contribution in [-0.4, -0.2) is 115 Å². The number of aliphatic hydroxyl groups is 3. The first-order chi connectivity index (χ1) is 22.0. The summed E-state index contributed by atoms with van der Waals surface area (Å²) in [6.07, 6.45) is -5.77. The normalized spacial score (nSPS) is 20.5. The van der Waals surface area contributed by atoms with E-state index >= 15 is 0 Å². The Morgan fingerprint density at radius 3 is 2.46 bits per heavy atom. The Labute approximate surface area is 278 Å². The molecule has 2 aliphatic rings. The lowest BCUT2D eigenvalue weighted by molar-refractivity contribution is -0.137. The van der Waals surface area contributed by atoms with Crippen LogP contribution in [0.1, 0.15) is 27.9 Å². The number of amides is 2. The summed E-state index contributed by atoms with van der Waals surface area (Å²) in [5.41, 5.74) is -0.175. The van der Waals surface area contributed by atoms with Crippen molar-refractivity contribution in [3.63, 3.8) is 0 Å². The minimum absolute atomic E-state index is 0.0173. The summed E-state index contributed by atoms with van der Waals surface area (Å²) in [6, 6.07) is 6.06. The molecule has 0 radical (unpaired) electrons. The van der Waals surface area contributed by atoms with Gasteiger partial charge in [-0.05, 0) is 70.6 Å². The third kappa shape index (κ3) is 8.89. The Balaban J connectivity index is 1.72. The van der Waals surface area contributed by atoms with E-state index in [9.17, 15) is 38.1 Å². The second kappa shape index (κ2) is 16.2. The lowest BCUT2D eigenvalue weighted by Crippen LogP contribution is -2.56. The first-order valence-electron chi connectivity index (χ1n) is 14.7. The van der Waals surface area contributed by atoms with Crippen LogP contribution in [0.2, 0.25) is 0 Å². The molecule has 2 aromatic rings. The number of halogens is 4. The highest BCUT2D eigenvalue weighted by molar-refractivity contribution is 14.1. The van der Waals surface area contributed by atoms with Gasteiger partial charge in [0.15, 0.2) is 11.5 Å². The Hall–Kier alpha value is -2.96. The number of carbonyl (C=O) groups is 2. The van der Waals surface area contributed by atoms with E-state index in [1.807, 2.05) is 22.6 Å². The number of benzene rings is 2. The van der Waals surface area contributed by atoms with Crippen LogP contribution in [-0.2, 0) is 22.3 Å². The molecule has 1 fully saturated rings. The number of aliphatic hydroxyl groups excluding tert-OH is 3. The quantitative estimate of drug-likeness (QED) is 0.240. The van der Waals surface area contributed by atoms with Crippen LogP contribution in [0, 0.1) is 3.57 Å². The molecule has 252 valence electrons. The fourth-order valence-electron chi connectivity index (χ4n) is 5.35. The highest BCUT2D eigenvalue weighted by atomic mass is 127. The van der Waals surface area contributed by atoms with Crippen LogP contribution in [0.15, 0.2) is 48.0 Å². The largest absolute Gasteiger partial charge is 0.493 e. The Kier molecular flexibility index (Phi) is 12.7. The number of hydrogen-bond donors (Lipinski definition) is 4. The number of ether oxygens (including phenoxy) is 3. The average molecular weight is 764 g/mol. The summed E-state index contributed by atoms with van der Waals surface area (Å²) in [7, 11) is 1.42. The first kappa shape index (κ1) is 35.9. The number of nitrogens with one attached hydrogen (secondary N) is 1. The molecule has 0 spiro atoms. The summed E-state index contributed by atoms with van der Waals surface area (Å²) in [5, 5.41) is 33.3. The summed E-state index contributed by atoms with van der Waals surface area (Å²) in [4.78, 5) is 30.6. The SMILES string of the molecule is COc1cc(CO)cc(I)c1OC1C=C(C(=O)NCCO)CC(N(CCN2CCOCC2)C(=O)c2ccc(C(F)(F)F)cc2)C1O. The van der Waals surface area contributed by atoms with Crippen LogP contribution in [0.5, 0.6) is 11.5 Å². The molecule has 0 bridgehead atoms. The third-order valence-electron chi connectivity index (χ3n) is 7.82. The molecular weight excluding hydrogens is 726 g/mol. The van der Waals surface area contributed by atoms with Crippen molar-refractivity contribution >= 4 is 34.4 Å². The van der Waals surface area contributed by atoms with Crippen LogP contribution >= 0.6 is 22.6 Å². The van der Waals surface area contributed by atoms with Gasteiger partial charge in [-0.3, -0.25) is 14.5 Å². The number of hydrogen-bond acceptors (Lipinski definition) is 9. The highest BCUT2D eigenvalue weighted by Crippen LogP contribution is 2.37. The lowest BCUT2D eigenvalue weighted by Gasteiger charge is -2.41. The monoisotopic (exact) mass is 763 g/mol. The molecule has 11 nitrogen and oxygen atoms in total. The van der Waals surface area contributed by atoms with E-state index in [0.717, 1.165) is 24.3 Å². The zero-order chi connectivity index (χ0) is 33.4. The van der Waals surface area contributed by atoms with Crippen molar-refractivity contribution in [2.45, 2.75) is 37.5 Å². The van der Waals surface area contributed by atoms with Gasteiger partial charge in [0, 0.05) is 50.3 Å². The summed E-state index contributed by atoms with van der Waals surface area (Å²) in [5.74, 6) is -0.645. The van der Waals surface area contributed by atoms with Gasteiger partial charge in [-0.25, -0.2) is 0 Å². The van der Waals surface area contributed by atoms with Gasteiger partial charge in [-0.2, -0.15) is 13.2 Å². The summed E-state index contributed by atoms with van der Waals surface area (Å²) < 4.78 is 57.5. The van der Waals surface area contributed by atoms with Gasteiger partial charge < -0.3 is 39.7 Å². The fraction of sp³-hybridized carbons (Fsp3) is 0.484. The van der Waals surface area contributed by atoms with Gasteiger partial charge in [-0.1, -0.05) is 0 Å². The topological polar surface area (TPSA) is 141 Å². The molecule has 0 saturated carbocycles. The number of methoxy groups -OCH3 is 1. The van der Waals surface area contributed by atoms with E-state index in [4.69, 9.17) is 14.2 Å². The Morgan fingerprint density at radius 2 is 1.85 bits per heavy atom. The molecular formula is C31H37F3IN3O8. The van der Waals surface area contributed by atoms with E-state index in [-0.39, 0.29) is 55.4 Å². The van der Waals surface area contributed by atoms with Crippen molar-refractivity contribution in [1.82, 2.24) is 15.1 Å². The predicted octanol–water partition coefficient (Wildman–Crippen LogP) is 2.20. The standard InChI is InChI=1S/C31H37F3IN3O8/c1-44-26-15-19(18-40)14-23(35)28(26)46-25-17-21(29(42)36-6-11-39)16-24(27(25)41)38(8-7-37-9-12-45-13-10-37)30(43)20-2-4-22(5-3-20)31(32,33)34/h2-5,14-15,17,24-25,27,39-41H,6-13,16,18H2,1H3,(H,36,42). The maximum absolute atomic E-state index is 14.0. The predicted molar refractivity (Wildman–Crippen MR) is 168 cm³/mol. The minimum atomic E-state index is -4.59. The van der Waals surface area contributed by atoms with Gasteiger partial charge in [-0.15, -0.1) is 0 Å². The molecule has 4 rings (SSSR count). The van der Waals surface area contributed by atoms with Crippen molar-refractivity contribution in [2.75, 3.05) is 59.7 Å². The number of alkyl halides is 3. The van der Waals surface area contributed by atoms with E-state index < -0.39 is 41.8 Å². The van der Waals surface area contributed by atoms with Gasteiger partial charge >= 0.3 is 6.18 Å². The smallest absolute Gasteiger partial charge is 0.416 e. The number of nitrogens with zero attached hydrogens (tertiary/aromatic N) is 2. The molecule has 0 aromatic heterocycles. The second-order valence-electron chi connectivity index (χ2n) is 10.8. The van der Waals surface area contributed by atoms with E-state index in [1.54, 1.807) is 12.1 Å². The molecule has 46 heavy (non-hydrogen) atoms. The summed E-state index contributed by atoms with van der Waals surface area (Å²) >= 11 is 2.00. The highest BCUT2D eigenvalue weighted by Gasteiger charge is 2.41. The molecule has 1 aliphatic carbocycles. The maximum atomic E-state index is 14.0. The van der Waals surface area contributed by atoms with Gasteiger partial charge in [0.2, 0.25) is 5.91 Å². The van der Waals surface area contributed by atoms with Crippen LogP contribution in [0.4, 0.5) is 13.2 Å². The summed E-state index contributed by atoms with van der Waals surface area (Å²) in [6.45, 7) is 2.10. The van der Waals surface area contributed by atoms with Gasteiger partial charge in [0.05, 0.1) is 48.7 Å². The molecule has 2 amide bonds. The van der Waals surface area contributed by atoms with Crippen molar-refractivity contribution < 1.29 is 52.3 Å². The van der Waals surface area contributed by atoms with Gasteiger partial charge in [0.1, 0.15) is 12.2 Å². The number of morpholine rings is 1.